The van der Waals surface area contributed by atoms with Gasteiger partial charge in [0, 0.05) is 64.7 Å². The van der Waals surface area contributed by atoms with Gasteiger partial charge in [-0.2, -0.15) is 0 Å². The lowest BCUT2D eigenvalue weighted by atomic mass is 9.69. The van der Waals surface area contributed by atoms with Crippen LogP contribution in [0.5, 0.6) is 5.75 Å². The lowest BCUT2D eigenvalue weighted by Crippen LogP contribution is -2.46. The normalized spacial score (nSPS) is 15.0. The van der Waals surface area contributed by atoms with Crippen LogP contribution >= 0.6 is 30.1 Å². The van der Waals surface area contributed by atoms with E-state index in [4.69, 9.17) is 14.2 Å². The van der Waals surface area contributed by atoms with Crippen LogP contribution in [0.3, 0.4) is 0 Å². The number of aromatic nitrogens is 1. The molecule has 4 rings (SSSR count). The summed E-state index contributed by atoms with van der Waals surface area (Å²) in [5.41, 5.74) is 3.36. The van der Waals surface area contributed by atoms with Crippen LogP contribution < -0.4 is 10.2 Å². The van der Waals surface area contributed by atoms with E-state index in [2.05, 4.69) is 43.0 Å². The largest absolute Gasteiger partial charge is 0.492 e. The second kappa shape index (κ2) is 10.5. The van der Waals surface area contributed by atoms with Gasteiger partial charge < -0.3 is 18.8 Å². The van der Waals surface area contributed by atoms with Gasteiger partial charge in [-0.25, -0.2) is 4.79 Å². The molecule has 0 saturated heterocycles. The minimum absolute atomic E-state index is 0.0924. The average Bonchev–Trinajstić information content (AvgIpc) is 2.78. The highest BCUT2D eigenvalue weighted by Crippen LogP contribution is 2.49. The van der Waals surface area contributed by atoms with Crippen LogP contribution in [0.1, 0.15) is 54.1 Å². The van der Waals surface area contributed by atoms with Gasteiger partial charge in [0.05, 0.1) is 24.5 Å². The zero-order valence-corrected chi connectivity index (χ0v) is 21.7. The highest BCUT2D eigenvalue weighted by atomic mass is 127. The Balaban J connectivity index is 1.82. The van der Waals surface area contributed by atoms with Crippen molar-refractivity contribution in [3.63, 3.8) is 0 Å². The second-order valence-electron chi connectivity index (χ2n) is 8.29. The van der Waals surface area contributed by atoms with Gasteiger partial charge in [0.25, 0.3) is 0 Å². The summed E-state index contributed by atoms with van der Waals surface area (Å²) in [5, 5.41) is 3.04. The zero-order valence-electron chi connectivity index (χ0n) is 18.7. The SMILES string of the molecule is CCOC(=O)c1cn2c(cc1=O)-c1cc(C#CSI)c(OCCCOC)cc1CC21CCC1. The first-order valence-electron chi connectivity index (χ1n) is 11.0. The minimum Gasteiger partial charge on any atom is -0.492 e. The molecule has 33 heavy (non-hydrogen) atoms. The van der Waals surface area contributed by atoms with Crippen molar-refractivity contribution in [2.75, 3.05) is 26.9 Å². The van der Waals surface area contributed by atoms with E-state index >= 15 is 0 Å². The van der Waals surface area contributed by atoms with Gasteiger partial charge >= 0.3 is 5.97 Å². The van der Waals surface area contributed by atoms with E-state index in [9.17, 15) is 9.59 Å². The highest BCUT2D eigenvalue weighted by Gasteiger charge is 2.43. The number of esters is 1. The second-order valence-corrected chi connectivity index (χ2v) is 9.97. The van der Waals surface area contributed by atoms with Crippen molar-refractivity contribution in [2.24, 2.45) is 0 Å². The summed E-state index contributed by atoms with van der Waals surface area (Å²) in [6.45, 7) is 3.15. The molecule has 0 amide bonds. The number of hydrogen-bond acceptors (Lipinski definition) is 6. The van der Waals surface area contributed by atoms with Crippen LogP contribution in [-0.4, -0.2) is 37.5 Å². The van der Waals surface area contributed by atoms with Crippen LogP contribution in [0.25, 0.3) is 11.3 Å². The molecule has 2 aliphatic rings. The van der Waals surface area contributed by atoms with Crippen molar-refractivity contribution < 1.29 is 19.0 Å². The molecule has 1 aliphatic heterocycles. The molecule has 0 N–H and O–H groups in total. The van der Waals surface area contributed by atoms with E-state index in [-0.39, 0.29) is 23.1 Å². The smallest absolute Gasteiger partial charge is 0.343 e. The van der Waals surface area contributed by atoms with Crippen molar-refractivity contribution in [3.05, 3.63) is 51.3 Å². The molecular weight excluding hydrogens is 553 g/mol. The Kier molecular flexibility index (Phi) is 7.72. The molecule has 8 heteroatoms. The maximum Gasteiger partial charge on any atom is 0.343 e. The van der Waals surface area contributed by atoms with Crippen molar-refractivity contribution in [2.45, 2.75) is 44.6 Å². The molecule has 0 radical (unpaired) electrons. The van der Waals surface area contributed by atoms with Gasteiger partial charge in [-0.3, -0.25) is 4.79 Å². The summed E-state index contributed by atoms with van der Waals surface area (Å²) in [6, 6.07) is 5.67. The molecule has 0 atom stereocenters. The first-order valence-corrected chi connectivity index (χ1v) is 14.4. The molecule has 1 spiro atoms. The molecule has 174 valence electrons. The van der Waals surface area contributed by atoms with E-state index in [1.807, 2.05) is 6.07 Å². The molecular formula is C25H26INO5S. The Morgan fingerprint density at radius 1 is 1.27 bits per heavy atom. The maximum absolute atomic E-state index is 12.9. The van der Waals surface area contributed by atoms with Crippen LogP contribution in [0.2, 0.25) is 0 Å². The standard InChI is InChI=1S/C25H26INO5S/c1-3-31-24(29)20-16-27-21(14-22(20)28)19-12-17(6-11-33-26)23(32-10-5-9-30-2)13-18(19)15-25(27)7-4-8-25/h12-14,16H,3-5,7-10,15H2,1-2H3. The number of nitrogens with zero attached hydrogens (tertiary/aromatic N) is 1. The third-order valence-corrected chi connectivity index (χ3v) is 7.16. The number of ether oxygens (including phenoxy) is 3. The number of pyridine rings is 1. The van der Waals surface area contributed by atoms with Gasteiger partial charge in [0.1, 0.15) is 11.3 Å². The number of carbonyl (C=O) groups excluding carboxylic acids is 1. The molecule has 1 aromatic carbocycles. The third kappa shape index (κ3) is 4.81. The molecule has 0 unspecified atom stereocenters. The Labute approximate surface area is 210 Å². The number of halogens is 1. The number of carbonyl (C=O) groups is 1. The lowest BCUT2D eigenvalue weighted by molar-refractivity contribution is 0.0521. The van der Waals surface area contributed by atoms with Gasteiger partial charge in [0.2, 0.25) is 0 Å². The molecule has 0 bridgehead atoms. The molecule has 1 saturated carbocycles. The molecule has 1 aromatic heterocycles. The van der Waals surface area contributed by atoms with E-state index in [0.29, 0.717) is 13.2 Å². The lowest BCUT2D eigenvalue weighted by Gasteiger charge is -2.48. The van der Waals surface area contributed by atoms with Crippen LogP contribution in [-0.2, 0) is 21.4 Å². The Morgan fingerprint density at radius 3 is 2.76 bits per heavy atom. The molecule has 1 fully saturated rings. The fourth-order valence-electron chi connectivity index (χ4n) is 4.62. The molecule has 2 heterocycles. The number of benzene rings is 1. The first-order chi connectivity index (χ1) is 16.0. The molecule has 6 nitrogen and oxygen atoms in total. The monoisotopic (exact) mass is 579 g/mol. The topological polar surface area (TPSA) is 66.8 Å². The van der Waals surface area contributed by atoms with Crippen LogP contribution in [0.15, 0.2) is 29.2 Å². The number of fused-ring (bicyclic) bond motifs is 4. The fourth-order valence-corrected chi connectivity index (χ4v) is 5.10. The van der Waals surface area contributed by atoms with Gasteiger partial charge in [-0.05, 0) is 64.5 Å². The summed E-state index contributed by atoms with van der Waals surface area (Å²) in [5.74, 6) is 3.38. The van der Waals surface area contributed by atoms with Crippen molar-refractivity contribution in [1.29, 1.82) is 0 Å². The maximum atomic E-state index is 12.9. The Morgan fingerprint density at radius 2 is 2.09 bits per heavy atom. The predicted octanol–water partition coefficient (Wildman–Crippen LogP) is 4.93. The number of hydrogen-bond donors (Lipinski definition) is 0. The Bertz CT molecular complexity index is 1180. The van der Waals surface area contributed by atoms with E-state index in [1.54, 1.807) is 26.3 Å². The van der Waals surface area contributed by atoms with Crippen molar-refractivity contribution in [1.82, 2.24) is 4.57 Å². The van der Waals surface area contributed by atoms with Gasteiger partial charge in [-0.15, -0.1) is 0 Å². The summed E-state index contributed by atoms with van der Waals surface area (Å²) in [4.78, 5) is 25.3. The van der Waals surface area contributed by atoms with Crippen molar-refractivity contribution >= 4 is 36.1 Å². The molecule has 2 aromatic rings. The van der Waals surface area contributed by atoms with Crippen LogP contribution in [0, 0.1) is 11.2 Å². The number of methoxy groups -OCH3 is 1. The minimum atomic E-state index is -0.566. The highest BCUT2D eigenvalue weighted by molar-refractivity contribution is 14.2. The first kappa shape index (κ1) is 24.2. The quantitative estimate of drug-likeness (QED) is 0.201. The summed E-state index contributed by atoms with van der Waals surface area (Å²) in [6.07, 6.45) is 6.44. The van der Waals surface area contributed by atoms with E-state index in [1.165, 1.54) is 8.93 Å². The zero-order chi connectivity index (χ0) is 23.4. The molecule has 1 aliphatic carbocycles. The van der Waals surface area contributed by atoms with E-state index in [0.717, 1.165) is 60.2 Å². The number of rotatable bonds is 7. The summed E-state index contributed by atoms with van der Waals surface area (Å²) >= 11 is 2.14. The summed E-state index contributed by atoms with van der Waals surface area (Å²) < 4.78 is 18.5. The van der Waals surface area contributed by atoms with Gasteiger partial charge in [0.15, 0.2) is 5.43 Å². The Hall–Kier alpha value is -1.96. The van der Waals surface area contributed by atoms with Gasteiger partial charge in [-0.1, -0.05) is 5.92 Å². The third-order valence-electron chi connectivity index (χ3n) is 6.32. The average molecular weight is 579 g/mol. The van der Waals surface area contributed by atoms with E-state index < -0.39 is 5.97 Å². The predicted molar refractivity (Wildman–Crippen MR) is 138 cm³/mol. The summed E-state index contributed by atoms with van der Waals surface area (Å²) in [7, 11) is 3.09. The fraction of sp³-hybridized carbons (Fsp3) is 0.440. The van der Waals surface area contributed by atoms with Crippen LogP contribution in [0.4, 0.5) is 0 Å². The van der Waals surface area contributed by atoms with Crippen molar-refractivity contribution in [3.8, 4) is 28.2 Å².